The van der Waals surface area contributed by atoms with E-state index >= 15 is 0 Å². The summed E-state index contributed by atoms with van der Waals surface area (Å²) in [6.07, 6.45) is 1.66. The fourth-order valence-corrected chi connectivity index (χ4v) is 1.09. The van der Waals surface area contributed by atoms with Gasteiger partial charge in [-0.25, -0.2) is 4.98 Å². The molecule has 0 unspecified atom stereocenters. The Balaban J connectivity index is 2.95. The Hall–Kier alpha value is -0.670. The fourth-order valence-electron chi connectivity index (χ4n) is 0.730. The largest absolute Gasteiger partial charge is 0.319 e. The Morgan fingerprint density at radius 3 is 2.91 bits per heavy atom. The molecule has 0 spiro atoms. The van der Waals surface area contributed by atoms with Crippen LogP contribution in [-0.4, -0.2) is 4.98 Å². The van der Waals surface area contributed by atoms with Gasteiger partial charge in [-0.1, -0.05) is 12.1 Å². The molecule has 2 nitrogen and oxygen atoms in total. The van der Waals surface area contributed by atoms with E-state index in [0.29, 0.717) is 0 Å². The number of halogens is 1. The van der Waals surface area contributed by atoms with Crippen LogP contribution < -0.4 is 5.73 Å². The van der Waals surface area contributed by atoms with Crippen LogP contribution in [0, 0.1) is 0 Å². The molecule has 2 N–H and O–H groups in total. The van der Waals surface area contributed by atoms with Gasteiger partial charge in [0.15, 0.2) is 0 Å². The summed E-state index contributed by atoms with van der Waals surface area (Å²) in [4.78, 5) is 4.16. The second-order valence-electron chi connectivity index (χ2n) is 2.15. The highest BCUT2D eigenvalue weighted by Gasteiger charge is 2.01. The van der Waals surface area contributed by atoms with Crippen molar-refractivity contribution in [3.05, 3.63) is 41.2 Å². The third kappa shape index (κ3) is 2.13. The average Bonchev–Trinajstić information content (AvgIpc) is 2.03. The van der Waals surface area contributed by atoms with Crippen molar-refractivity contribution < 1.29 is 0 Å². The third-order valence-corrected chi connectivity index (χ3v) is 1.77. The highest BCUT2D eigenvalue weighted by Crippen LogP contribution is 2.11. The summed E-state index contributed by atoms with van der Waals surface area (Å²) in [6.45, 7) is 3.59. The molecule has 58 valence electrons. The summed E-state index contributed by atoms with van der Waals surface area (Å²) in [5.74, 6) is 0. The van der Waals surface area contributed by atoms with Crippen molar-refractivity contribution in [1.82, 2.24) is 4.98 Å². The molecule has 3 heteroatoms. The molecule has 1 aromatic rings. The zero-order chi connectivity index (χ0) is 8.27. The Morgan fingerprint density at radius 2 is 2.36 bits per heavy atom. The van der Waals surface area contributed by atoms with Crippen LogP contribution >= 0.6 is 15.9 Å². The summed E-state index contributed by atoms with van der Waals surface area (Å²) in [7, 11) is 0. The van der Waals surface area contributed by atoms with Gasteiger partial charge in [-0.2, -0.15) is 0 Å². The van der Waals surface area contributed by atoms with Crippen LogP contribution in [0.1, 0.15) is 11.7 Å². The minimum Gasteiger partial charge on any atom is -0.319 e. The molecule has 1 aromatic heterocycles. The van der Waals surface area contributed by atoms with Crippen molar-refractivity contribution in [2.45, 2.75) is 6.04 Å². The lowest BCUT2D eigenvalue weighted by Gasteiger charge is -2.04. The predicted molar refractivity (Wildman–Crippen MR) is 49.1 cm³/mol. The van der Waals surface area contributed by atoms with Gasteiger partial charge in [0.1, 0.15) is 4.60 Å². The summed E-state index contributed by atoms with van der Waals surface area (Å²) in [5.41, 5.74) is 6.49. The summed E-state index contributed by atoms with van der Waals surface area (Å²) in [6, 6.07) is 5.46. The van der Waals surface area contributed by atoms with Crippen molar-refractivity contribution in [3.8, 4) is 0 Å². The Bertz CT molecular complexity index is 260. The van der Waals surface area contributed by atoms with Crippen molar-refractivity contribution in [2.75, 3.05) is 0 Å². The van der Waals surface area contributed by atoms with Gasteiger partial charge in [0.2, 0.25) is 0 Å². The zero-order valence-corrected chi connectivity index (χ0v) is 7.58. The number of hydrogen-bond donors (Lipinski definition) is 1. The Labute approximate surface area is 74.3 Å². The molecule has 0 fully saturated rings. The van der Waals surface area contributed by atoms with Crippen LogP contribution in [0.5, 0.6) is 0 Å². The number of nitrogens with two attached hydrogens (primary N) is 1. The molecular weight excluding hydrogens is 204 g/mol. The Morgan fingerprint density at radius 1 is 1.64 bits per heavy atom. The van der Waals surface area contributed by atoms with Gasteiger partial charge in [0.25, 0.3) is 0 Å². The van der Waals surface area contributed by atoms with Gasteiger partial charge in [-0.3, -0.25) is 0 Å². The van der Waals surface area contributed by atoms with Crippen molar-refractivity contribution in [3.63, 3.8) is 0 Å². The maximum Gasteiger partial charge on any atom is 0.106 e. The maximum atomic E-state index is 5.66. The fraction of sp³-hybridized carbons (Fsp3) is 0.125. The summed E-state index contributed by atoms with van der Waals surface area (Å²) in [5, 5.41) is 0. The monoisotopic (exact) mass is 212 g/mol. The normalized spacial score (nSPS) is 12.5. The summed E-state index contributed by atoms with van der Waals surface area (Å²) < 4.78 is 0.798. The number of aromatic nitrogens is 1. The predicted octanol–water partition coefficient (Wildman–Crippen LogP) is 2.03. The molecule has 1 rings (SSSR count). The molecule has 1 atom stereocenters. The highest BCUT2D eigenvalue weighted by atomic mass is 79.9. The second-order valence-corrected chi connectivity index (χ2v) is 2.96. The molecule has 0 amide bonds. The first kappa shape index (κ1) is 8.43. The lowest BCUT2D eigenvalue weighted by molar-refractivity contribution is 0.859. The molecule has 0 saturated carbocycles. The van der Waals surface area contributed by atoms with E-state index in [4.69, 9.17) is 5.73 Å². The number of pyridine rings is 1. The van der Waals surface area contributed by atoms with E-state index in [-0.39, 0.29) is 6.04 Å². The van der Waals surface area contributed by atoms with Gasteiger partial charge >= 0.3 is 0 Å². The number of nitrogens with zero attached hydrogens (tertiary/aromatic N) is 1. The van der Waals surface area contributed by atoms with Crippen LogP contribution in [0.25, 0.3) is 0 Å². The SMILES string of the molecule is C=C[C@H](N)c1cccc(Br)n1. The minimum absolute atomic E-state index is 0.174. The van der Waals surface area contributed by atoms with Crippen LogP contribution in [0.2, 0.25) is 0 Å². The molecule has 0 bridgehead atoms. The molecular formula is C8H9BrN2. The van der Waals surface area contributed by atoms with Gasteiger partial charge in [0.05, 0.1) is 11.7 Å². The van der Waals surface area contributed by atoms with E-state index in [2.05, 4.69) is 27.5 Å². The molecule has 0 saturated heterocycles. The molecule has 11 heavy (non-hydrogen) atoms. The molecule has 0 aromatic carbocycles. The quantitative estimate of drug-likeness (QED) is 0.603. The van der Waals surface area contributed by atoms with E-state index in [1.54, 1.807) is 6.08 Å². The average molecular weight is 213 g/mol. The van der Waals surface area contributed by atoms with E-state index in [1.165, 1.54) is 0 Å². The van der Waals surface area contributed by atoms with Crippen molar-refractivity contribution in [1.29, 1.82) is 0 Å². The molecule has 1 heterocycles. The first-order valence-corrected chi connectivity index (χ1v) is 4.04. The first-order valence-electron chi connectivity index (χ1n) is 3.24. The molecule has 0 aliphatic rings. The van der Waals surface area contributed by atoms with Crippen LogP contribution in [0.3, 0.4) is 0 Å². The second kappa shape index (κ2) is 3.64. The van der Waals surface area contributed by atoms with Crippen molar-refractivity contribution >= 4 is 15.9 Å². The summed E-state index contributed by atoms with van der Waals surface area (Å²) >= 11 is 3.26. The lowest BCUT2D eigenvalue weighted by Crippen LogP contribution is -2.08. The molecule has 0 aliphatic heterocycles. The Kier molecular flexibility index (Phi) is 2.79. The number of hydrogen-bond acceptors (Lipinski definition) is 2. The van der Waals surface area contributed by atoms with E-state index in [9.17, 15) is 0 Å². The van der Waals surface area contributed by atoms with Gasteiger partial charge < -0.3 is 5.73 Å². The van der Waals surface area contributed by atoms with Crippen LogP contribution in [0.4, 0.5) is 0 Å². The number of rotatable bonds is 2. The van der Waals surface area contributed by atoms with E-state index < -0.39 is 0 Å². The van der Waals surface area contributed by atoms with Crippen molar-refractivity contribution in [2.24, 2.45) is 5.73 Å². The zero-order valence-electron chi connectivity index (χ0n) is 6.00. The molecule has 0 radical (unpaired) electrons. The third-order valence-electron chi connectivity index (χ3n) is 1.33. The standard InChI is InChI=1S/C8H9BrN2/c1-2-6(10)7-4-3-5-8(9)11-7/h2-6H,1,10H2/t6-/m0/s1. The van der Waals surface area contributed by atoms with Gasteiger partial charge in [0, 0.05) is 0 Å². The van der Waals surface area contributed by atoms with Crippen LogP contribution in [-0.2, 0) is 0 Å². The van der Waals surface area contributed by atoms with Gasteiger partial charge in [-0.15, -0.1) is 6.58 Å². The maximum absolute atomic E-state index is 5.66. The lowest BCUT2D eigenvalue weighted by atomic mass is 10.2. The van der Waals surface area contributed by atoms with Gasteiger partial charge in [-0.05, 0) is 28.1 Å². The molecule has 0 aliphatic carbocycles. The van der Waals surface area contributed by atoms with E-state index in [1.807, 2.05) is 18.2 Å². The smallest absolute Gasteiger partial charge is 0.106 e. The first-order chi connectivity index (χ1) is 5.24. The topological polar surface area (TPSA) is 38.9 Å². The van der Waals surface area contributed by atoms with E-state index in [0.717, 1.165) is 10.3 Å². The minimum atomic E-state index is -0.174. The highest BCUT2D eigenvalue weighted by molar-refractivity contribution is 9.10. The van der Waals surface area contributed by atoms with Crippen LogP contribution in [0.15, 0.2) is 35.5 Å².